The molecular weight excluding hydrogens is 452 g/mol. The summed E-state index contributed by atoms with van der Waals surface area (Å²) in [6.45, 7) is 7.46. The molecule has 34 heavy (non-hydrogen) atoms. The van der Waals surface area contributed by atoms with Gasteiger partial charge in [0, 0.05) is 31.7 Å². The van der Waals surface area contributed by atoms with Crippen molar-refractivity contribution in [3.05, 3.63) is 59.2 Å². The van der Waals surface area contributed by atoms with Crippen LogP contribution in [0.3, 0.4) is 0 Å². The Kier molecular flexibility index (Phi) is 6.77. The van der Waals surface area contributed by atoms with E-state index < -0.39 is 10.0 Å². The predicted octanol–water partition coefficient (Wildman–Crippen LogP) is 3.60. The van der Waals surface area contributed by atoms with Crippen LogP contribution in [0.1, 0.15) is 16.7 Å². The molecule has 1 aliphatic heterocycles. The van der Waals surface area contributed by atoms with Crippen molar-refractivity contribution < 1.29 is 17.9 Å². The number of hydrogen-bond acceptors (Lipinski definition) is 7. The van der Waals surface area contributed by atoms with Gasteiger partial charge in [-0.05, 0) is 79.9 Å². The van der Waals surface area contributed by atoms with Crippen LogP contribution in [0.5, 0.6) is 11.5 Å². The van der Waals surface area contributed by atoms with Gasteiger partial charge >= 0.3 is 0 Å². The first-order valence-corrected chi connectivity index (χ1v) is 12.6. The second kappa shape index (κ2) is 9.60. The van der Waals surface area contributed by atoms with E-state index in [1.165, 1.54) is 0 Å². The third-order valence-corrected chi connectivity index (χ3v) is 8.42. The van der Waals surface area contributed by atoms with Crippen LogP contribution in [0, 0.1) is 20.8 Å². The van der Waals surface area contributed by atoms with Crippen LogP contribution in [-0.4, -0.2) is 63.3 Å². The monoisotopic (exact) mass is 482 g/mol. The van der Waals surface area contributed by atoms with Gasteiger partial charge in [0.1, 0.15) is 11.5 Å². The Hall–Kier alpha value is -3.17. The average Bonchev–Trinajstić information content (AvgIpc) is 2.86. The van der Waals surface area contributed by atoms with Crippen molar-refractivity contribution >= 4 is 15.8 Å². The molecule has 0 unspecified atom stereocenters. The van der Waals surface area contributed by atoms with Crippen molar-refractivity contribution in [2.45, 2.75) is 25.7 Å². The van der Waals surface area contributed by atoms with E-state index in [0.29, 0.717) is 31.1 Å². The molecule has 0 radical (unpaired) electrons. The van der Waals surface area contributed by atoms with E-state index in [-0.39, 0.29) is 0 Å². The van der Waals surface area contributed by atoms with E-state index in [1.54, 1.807) is 24.6 Å². The van der Waals surface area contributed by atoms with Gasteiger partial charge in [-0.25, -0.2) is 8.42 Å². The lowest BCUT2D eigenvalue weighted by molar-refractivity contribution is 0.382. The van der Waals surface area contributed by atoms with Gasteiger partial charge in [-0.3, -0.25) is 0 Å². The summed E-state index contributed by atoms with van der Waals surface area (Å²) in [6, 6.07) is 13.2. The van der Waals surface area contributed by atoms with Crippen molar-refractivity contribution in [3.8, 4) is 22.8 Å². The minimum Gasteiger partial charge on any atom is -0.497 e. The fourth-order valence-corrected chi connectivity index (χ4v) is 6.10. The Morgan fingerprint density at radius 1 is 0.824 bits per heavy atom. The van der Waals surface area contributed by atoms with Crippen molar-refractivity contribution in [1.29, 1.82) is 0 Å². The number of nitrogens with zero attached hydrogens (tertiary/aromatic N) is 4. The summed E-state index contributed by atoms with van der Waals surface area (Å²) < 4.78 is 39.1. The van der Waals surface area contributed by atoms with E-state index in [2.05, 4.69) is 15.1 Å². The molecule has 1 fully saturated rings. The molecule has 1 saturated heterocycles. The zero-order chi connectivity index (χ0) is 24.5. The lowest BCUT2D eigenvalue weighted by Crippen LogP contribution is -2.49. The van der Waals surface area contributed by atoms with Crippen molar-refractivity contribution in [1.82, 2.24) is 14.5 Å². The number of piperazine rings is 1. The Bertz CT molecular complexity index is 1270. The summed E-state index contributed by atoms with van der Waals surface area (Å²) in [4.78, 5) is 2.41. The highest BCUT2D eigenvalue weighted by atomic mass is 32.2. The SMILES string of the molecule is COc1ccc(-c2ccc(N3CCN(S(=O)(=O)c4cc(C)c(OC)c(C)c4C)CC3)nn2)cc1. The summed E-state index contributed by atoms with van der Waals surface area (Å²) in [5.41, 5.74) is 4.12. The molecule has 0 N–H and O–H groups in total. The summed E-state index contributed by atoms with van der Waals surface area (Å²) in [6.07, 6.45) is 0. The van der Waals surface area contributed by atoms with Gasteiger partial charge in [0.25, 0.3) is 0 Å². The van der Waals surface area contributed by atoms with Crippen molar-refractivity contribution in [3.63, 3.8) is 0 Å². The molecule has 2 heterocycles. The molecule has 0 aliphatic carbocycles. The Morgan fingerprint density at radius 2 is 1.50 bits per heavy atom. The lowest BCUT2D eigenvalue weighted by atomic mass is 10.1. The van der Waals surface area contributed by atoms with Gasteiger partial charge in [-0.2, -0.15) is 4.31 Å². The molecule has 2 aromatic carbocycles. The summed E-state index contributed by atoms with van der Waals surface area (Å²) in [5.74, 6) is 2.26. The van der Waals surface area contributed by atoms with Crippen LogP contribution in [0.4, 0.5) is 5.82 Å². The van der Waals surface area contributed by atoms with E-state index in [0.717, 1.165) is 45.3 Å². The largest absolute Gasteiger partial charge is 0.497 e. The first kappa shape index (κ1) is 24.0. The van der Waals surface area contributed by atoms with Crippen LogP contribution in [-0.2, 0) is 10.0 Å². The maximum Gasteiger partial charge on any atom is 0.243 e. The number of rotatable bonds is 6. The molecule has 4 rings (SSSR count). The van der Waals surface area contributed by atoms with Crippen LogP contribution in [0.2, 0.25) is 0 Å². The van der Waals surface area contributed by atoms with Gasteiger partial charge in [-0.15, -0.1) is 10.2 Å². The first-order valence-electron chi connectivity index (χ1n) is 11.1. The number of sulfonamides is 1. The fourth-order valence-electron chi connectivity index (χ4n) is 4.31. The van der Waals surface area contributed by atoms with E-state index in [1.807, 2.05) is 57.2 Å². The number of aromatic nitrogens is 2. The van der Waals surface area contributed by atoms with Crippen LogP contribution in [0.25, 0.3) is 11.3 Å². The molecule has 0 amide bonds. The van der Waals surface area contributed by atoms with Gasteiger partial charge < -0.3 is 14.4 Å². The van der Waals surface area contributed by atoms with Gasteiger partial charge in [0.15, 0.2) is 5.82 Å². The molecule has 0 saturated carbocycles. The average molecular weight is 483 g/mol. The molecule has 3 aromatic rings. The number of ether oxygens (including phenoxy) is 2. The fraction of sp³-hybridized carbons (Fsp3) is 0.360. The normalized spacial score (nSPS) is 14.8. The van der Waals surface area contributed by atoms with Gasteiger partial charge in [0.05, 0.1) is 24.8 Å². The predicted molar refractivity (Wildman–Crippen MR) is 132 cm³/mol. The number of hydrogen-bond donors (Lipinski definition) is 0. The summed E-state index contributed by atoms with van der Waals surface area (Å²) in [7, 11) is -0.372. The second-order valence-corrected chi connectivity index (χ2v) is 10.3. The highest BCUT2D eigenvalue weighted by Crippen LogP contribution is 2.33. The maximum atomic E-state index is 13.4. The molecule has 180 valence electrons. The third-order valence-electron chi connectivity index (χ3n) is 6.40. The van der Waals surface area contributed by atoms with Crippen LogP contribution in [0.15, 0.2) is 47.4 Å². The third kappa shape index (κ3) is 4.45. The zero-order valence-corrected chi connectivity index (χ0v) is 21.0. The smallest absolute Gasteiger partial charge is 0.243 e. The van der Waals surface area contributed by atoms with Crippen molar-refractivity contribution in [2.75, 3.05) is 45.3 Å². The van der Waals surface area contributed by atoms with E-state index in [4.69, 9.17) is 9.47 Å². The van der Waals surface area contributed by atoms with Gasteiger partial charge in [-0.1, -0.05) is 0 Å². The molecular formula is C25H30N4O4S. The highest BCUT2D eigenvalue weighted by Gasteiger charge is 2.31. The quantitative estimate of drug-likeness (QED) is 0.531. The summed E-state index contributed by atoms with van der Waals surface area (Å²) in [5, 5.41) is 8.75. The topological polar surface area (TPSA) is 84.9 Å². The number of benzene rings is 2. The molecule has 1 aliphatic rings. The zero-order valence-electron chi connectivity index (χ0n) is 20.2. The molecule has 0 bridgehead atoms. The van der Waals surface area contributed by atoms with E-state index >= 15 is 0 Å². The van der Waals surface area contributed by atoms with Gasteiger partial charge in [0.2, 0.25) is 10.0 Å². The van der Waals surface area contributed by atoms with Crippen molar-refractivity contribution in [2.24, 2.45) is 0 Å². The number of methoxy groups -OCH3 is 2. The van der Waals surface area contributed by atoms with E-state index in [9.17, 15) is 8.42 Å². The molecule has 8 nitrogen and oxygen atoms in total. The maximum absolute atomic E-state index is 13.4. The molecule has 0 atom stereocenters. The standard InChI is InChI=1S/C25H30N4O4S/c1-17-16-23(18(2)19(3)25(17)33-5)34(30,31)29-14-12-28(13-15-29)24-11-10-22(26-27-24)20-6-8-21(32-4)9-7-20/h6-11,16H,12-15H2,1-5H3. The Balaban J connectivity index is 1.47. The Morgan fingerprint density at radius 3 is 2.06 bits per heavy atom. The van der Waals surface area contributed by atoms with Crippen LogP contribution >= 0.6 is 0 Å². The summed E-state index contributed by atoms with van der Waals surface area (Å²) >= 11 is 0. The molecule has 1 aromatic heterocycles. The Labute approximate surface area is 201 Å². The molecule has 9 heteroatoms. The number of anilines is 1. The van der Waals surface area contributed by atoms with Crippen LogP contribution < -0.4 is 14.4 Å². The highest BCUT2D eigenvalue weighted by molar-refractivity contribution is 7.89. The number of aryl methyl sites for hydroxylation is 1. The molecule has 0 spiro atoms. The lowest BCUT2D eigenvalue weighted by Gasteiger charge is -2.34. The second-order valence-electron chi connectivity index (χ2n) is 8.37. The minimum absolute atomic E-state index is 0.348. The minimum atomic E-state index is -3.61. The first-order chi connectivity index (χ1) is 16.3.